The summed E-state index contributed by atoms with van der Waals surface area (Å²) in [4.78, 5) is 12.9. The second kappa shape index (κ2) is 9.60. The molecular formula is C23H24O12. The third-order valence-electron chi connectivity index (χ3n) is 5.68. The maximum atomic E-state index is 12.9. The van der Waals surface area contributed by atoms with E-state index in [1.165, 1.54) is 38.5 Å². The highest BCUT2D eigenvalue weighted by atomic mass is 16.7. The summed E-state index contributed by atoms with van der Waals surface area (Å²) in [6.45, 7) is -0.681. The molecule has 1 fully saturated rings. The molecule has 1 aromatic heterocycles. The lowest BCUT2D eigenvalue weighted by Gasteiger charge is -2.39. The van der Waals surface area contributed by atoms with E-state index >= 15 is 0 Å². The summed E-state index contributed by atoms with van der Waals surface area (Å²) < 4.78 is 27.0. The number of hydrogen-bond donors (Lipinski definition) is 6. The van der Waals surface area contributed by atoms with Gasteiger partial charge in [-0.25, -0.2) is 0 Å². The highest BCUT2D eigenvalue weighted by Crippen LogP contribution is 2.44. The number of fused-ring (bicyclic) bond motifs is 1. The van der Waals surface area contributed by atoms with Gasteiger partial charge in [0.2, 0.25) is 12.0 Å². The van der Waals surface area contributed by atoms with Crippen LogP contribution in [0.4, 0.5) is 0 Å². The Balaban J connectivity index is 1.78. The Hall–Kier alpha value is -3.55. The lowest BCUT2D eigenvalue weighted by atomic mass is 9.99. The van der Waals surface area contributed by atoms with Crippen molar-refractivity contribution in [3.63, 3.8) is 0 Å². The SMILES string of the molecule is COc1cc(-c2cc(=O)c3c(O)c(O[C@@H]4O[C@H](CO)[C@@H](O)[C@H](O)[C@H]4O)c(OC)cc3o2)ccc1O. The minimum atomic E-state index is -1.75. The molecule has 0 unspecified atom stereocenters. The standard InChI is InChI=1S/C23H24O12/c1-31-13-5-9(3-4-10(13)25)12-6-11(26)17-14(33-12)7-15(32-2)22(19(17)28)35-23-21(30)20(29)18(27)16(8-24)34-23/h3-7,16,18,20-21,23-25,27-30H,8H2,1-2H3/t16-,18-,20+,21-,23+/m1/s1. The minimum Gasteiger partial charge on any atom is -0.504 e. The quantitative estimate of drug-likeness (QED) is 0.272. The van der Waals surface area contributed by atoms with Crippen LogP contribution in [0.1, 0.15) is 0 Å². The molecule has 0 amide bonds. The fraction of sp³-hybridized carbons (Fsp3) is 0.348. The molecule has 188 valence electrons. The number of aliphatic hydroxyl groups is 4. The van der Waals surface area contributed by atoms with Crippen LogP contribution in [0, 0.1) is 0 Å². The van der Waals surface area contributed by atoms with Crippen LogP contribution in [0.5, 0.6) is 28.7 Å². The van der Waals surface area contributed by atoms with Gasteiger partial charge in [0, 0.05) is 17.7 Å². The van der Waals surface area contributed by atoms with Crippen LogP contribution >= 0.6 is 0 Å². The van der Waals surface area contributed by atoms with Gasteiger partial charge in [-0.1, -0.05) is 0 Å². The molecule has 4 rings (SSSR count). The van der Waals surface area contributed by atoms with Crippen LogP contribution in [0.25, 0.3) is 22.3 Å². The number of rotatable bonds is 6. The minimum absolute atomic E-state index is 0.0601. The summed E-state index contributed by atoms with van der Waals surface area (Å²) in [5, 5.41) is 60.0. The van der Waals surface area contributed by atoms with Crippen molar-refractivity contribution in [2.24, 2.45) is 0 Å². The van der Waals surface area contributed by atoms with Gasteiger partial charge in [-0.3, -0.25) is 4.79 Å². The smallest absolute Gasteiger partial charge is 0.229 e. The van der Waals surface area contributed by atoms with E-state index in [4.69, 9.17) is 23.4 Å². The van der Waals surface area contributed by atoms with Crippen molar-refractivity contribution in [1.29, 1.82) is 0 Å². The first kappa shape index (κ1) is 24.6. The Labute approximate surface area is 197 Å². The molecule has 12 nitrogen and oxygen atoms in total. The number of benzene rings is 2. The Bertz CT molecular complexity index is 1280. The molecule has 0 spiro atoms. The van der Waals surface area contributed by atoms with Gasteiger partial charge in [0.25, 0.3) is 0 Å². The summed E-state index contributed by atoms with van der Waals surface area (Å²) in [6, 6.07) is 6.74. The second-order valence-corrected chi connectivity index (χ2v) is 7.81. The molecule has 2 heterocycles. The van der Waals surface area contributed by atoms with Gasteiger partial charge < -0.3 is 54.0 Å². The molecule has 0 radical (unpaired) electrons. The van der Waals surface area contributed by atoms with Crippen molar-refractivity contribution in [3.05, 3.63) is 40.6 Å². The molecule has 1 aliphatic heterocycles. The van der Waals surface area contributed by atoms with Crippen LogP contribution in [0.2, 0.25) is 0 Å². The van der Waals surface area contributed by atoms with E-state index in [1.54, 1.807) is 0 Å². The molecule has 1 aliphatic rings. The number of phenolic OH excluding ortho intramolecular Hbond substituents is 2. The highest BCUT2D eigenvalue weighted by molar-refractivity contribution is 5.89. The monoisotopic (exact) mass is 492 g/mol. The normalized spacial score (nSPS) is 24.3. The van der Waals surface area contributed by atoms with E-state index in [9.17, 15) is 35.4 Å². The van der Waals surface area contributed by atoms with E-state index in [2.05, 4.69) is 0 Å². The molecule has 12 heteroatoms. The molecule has 6 N–H and O–H groups in total. The Morgan fingerprint density at radius 1 is 0.943 bits per heavy atom. The molecule has 0 saturated carbocycles. The summed E-state index contributed by atoms with van der Waals surface area (Å²) in [5.74, 6) is -1.00. The van der Waals surface area contributed by atoms with E-state index in [0.29, 0.717) is 5.56 Å². The summed E-state index contributed by atoms with van der Waals surface area (Å²) in [7, 11) is 2.63. The van der Waals surface area contributed by atoms with Crippen molar-refractivity contribution in [3.8, 4) is 40.1 Å². The largest absolute Gasteiger partial charge is 0.504 e. The first-order chi connectivity index (χ1) is 16.7. The molecule has 3 aromatic rings. The lowest BCUT2D eigenvalue weighted by molar-refractivity contribution is -0.277. The number of aliphatic hydroxyl groups excluding tert-OH is 4. The number of ether oxygens (including phenoxy) is 4. The average molecular weight is 492 g/mol. The third-order valence-corrected chi connectivity index (χ3v) is 5.68. The predicted octanol–water partition coefficient (Wildman–Crippen LogP) is 0.0671. The Morgan fingerprint density at radius 3 is 2.31 bits per heavy atom. The second-order valence-electron chi connectivity index (χ2n) is 7.81. The molecule has 35 heavy (non-hydrogen) atoms. The van der Waals surface area contributed by atoms with Gasteiger partial charge in [0.15, 0.2) is 28.4 Å². The van der Waals surface area contributed by atoms with Crippen molar-refractivity contribution >= 4 is 11.0 Å². The van der Waals surface area contributed by atoms with Crippen molar-refractivity contribution in [2.45, 2.75) is 30.7 Å². The number of methoxy groups -OCH3 is 2. The molecule has 0 bridgehead atoms. The molecule has 0 aliphatic carbocycles. The van der Waals surface area contributed by atoms with E-state index in [-0.39, 0.29) is 34.0 Å². The predicted molar refractivity (Wildman–Crippen MR) is 119 cm³/mol. The number of hydrogen-bond acceptors (Lipinski definition) is 12. The third kappa shape index (κ3) is 4.33. The topological polar surface area (TPSA) is 189 Å². The van der Waals surface area contributed by atoms with Gasteiger partial charge in [-0.15, -0.1) is 0 Å². The zero-order valence-electron chi connectivity index (χ0n) is 18.6. The number of phenols is 2. The zero-order chi connectivity index (χ0) is 25.4. The summed E-state index contributed by atoms with van der Waals surface area (Å²) >= 11 is 0. The molecular weight excluding hydrogens is 468 g/mol. The first-order valence-corrected chi connectivity index (χ1v) is 10.4. The van der Waals surface area contributed by atoms with Crippen molar-refractivity contribution in [2.75, 3.05) is 20.8 Å². The van der Waals surface area contributed by atoms with Crippen molar-refractivity contribution < 1.29 is 54.0 Å². The fourth-order valence-corrected chi connectivity index (χ4v) is 3.78. The zero-order valence-corrected chi connectivity index (χ0v) is 18.6. The molecule has 2 aromatic carbocycles. The van der Waals surface area contributed by atoms with Crippen LogP contribution in [-0.2, 0) is 4.74 Å². The highest BCUT2D eigenvalue weighted by Gasteiger charge is 2.45. The maximum absolute atomic E-state index is 12.9. The van der Waals surface area contributed by atoms with Gasteiger partial charge in [0.1, 0.15) is 41.1 Å². The number of aromatic hydroxyl groups is 2. The van der Waals surface area contributed by atoms with Crippen molar-refractivity contribution in [1.82, 2.24) is 0 Å². The summed E-state index contributed by atoms with van der Waals surface area (Å²) in [6.07, 6.45) is -7.95. The van der Waals surface area contributed by atoms with Crippen LogP contribution < -0.4 is 19.6 Å². The van der Waals surface area contributed by atoms with Crippen LogP contribution in [0.15, 0.2) is 39.5 Å². The lowest BCUT2D eigenvalue weighted by Crippen LogP contribution is -2.60. The summed E-state index contributed by atoms with van der Waals surface area (Å²) in [5.41, 5.74) is -0.291. The van der Waals surface area contributed by atoms with Gasteiger partial charge in [-0.2, -0.15) is 0 Å². The Kier molecular flexibility index (Phi) is 6.74. The van der Waals surface area contributed by atoms with Gasteiger partial charge >= 0.3 is 0 Å². The van der Waals surface area contributed by atoms with Crippen LogP contribution in [0.3, 0.4) is 0 Å². The molecule has 1 saturated heterocycles. The maximum Gasteiger partial charge on any atom is 0.229 e. The average Bonchev–Trinajstić information content (AvgIpc) is 2.85. The van der Waals surface area contributed by atoms with Crippen LogP contribution in [-0.4, -0.2) is 82.2 Å². The van der Waals surface area contributed by atoms with E-state index in [1.807, 2.05) is 0 Å². The van der Waals surface area contributed by atoms with Gasteiger partial charge in [0.05, 0.1) is 20.8 Å². The van der Waals surface area contributed by atoms with E-state index in [0.717, 1.165) is 6.07 Å². The Morgan fingerprint density at radius 2 is 1.66 bits per heavy atom. The molecule has 5 atom stereocenters. The van der Waals surface area contributed by atoms with E-state index < -0.39 is 54.2 Å². The first-order valence-electron chi connectivity index (χ1n) is 10.4. The fourth-order valence-electron chi connectivity index (χ4n) is 3.78. The van der Waals surface area contributed by atoms with Gasteiger partial charge in [-0.05, 0) is 18.2 Å².